The first-order chi connectivity index (χ1) is 12.1. The quantitative estimate of drug-likeness (QED) is 0.862. The van der Waals surface area contributed by atoms with Crippen molar-refractivity contribution < 1.29 is 14.0 Å². The maximum Gasteiger partial charge on any atom is 0.227 e. The Morgan fingerprint density at radius 1 is 1.04 bits per heavy atom. The number of hydrogen-bond acceptors (Lipinski definition) is 2. The first-order valence-electron chi connectivity index (χ1n) is 8.39. The van der Waals surface area contributed by atoms with Crippen LogP contribution in [0.3, 0.4) is 0 Å². The molecule has 1 saturated heterocycles. The van der Waals surface area contributed by atoms with Crippen LogP contribution in [-0.4, -0.2) is 41.2 Å². The van der Waals surface area contributed by atoms with Gasteiger partial charge in [0.2, 0.25) is 11.8 Å². The summed E-state index contributed by atoms with van der Waals surface area (Å²) >= 11 is 0. The maximum atomic E-state index is 13.9. The Balaban J connectivity index is 1.83. The highest BCUT2D eigenvalue weighted by atomic mass is 19.1. The van der Waals surface area contributed by atoms with Gasteiger partial charge >= 0.3 is 0 Å². The van der Waals surface area contributed by atoms with E-state index in [0.717, 1.165) is 5.56 Å². The number of carbonyl (C=O) groups excluding carboxylic acids is 2. The number of piperazine rings is 1. The smallest absolute Gasteiger partial charge is 0.227 e. The molecule has 2 amide bonds. The van der Waals surface area contributed by atoms with Crippen molar-refractivity contribution in [2.45, 2.75) is 19.4 Å². The number of carbonyl (C=O) groups is 2. The van der Waals surface area contributed by atoms with Crippen molar-refractivity contribution in [1.29, 1.82) is 0 Å². The SMILES string of the molecule is CC(=O)N1CCN(C(=O)Cc2ccccc2F)[C@@H](c2ccccc2)C1. The van der Waals surface area contributed by atoms with Crippen molar-refractivity contribution in [3.05, 3.63) is 71.5 Å². The number of hydrogen-bond donors (Lipinski definition) is 0. The minimum atomic E-state index is -0.366. The largest absolute Gasteiger partial charge is 0.339 e. The van der Waals surface area contributed by atoms with Crippen LogP contribution < -0.4 is 0 Å². The third kappa shape index (κ3) is 3.87. The Hall–Kier alpha value is -2.69. The van der Waals surface area contributed by atoms with Crippen molar-refractivity contribution in [3.63, 3.8) is 0 Å². The summed E-state index contributed by atoms with van der Waals surface area (Å²) in [6.07, 6.45) is 0.0239. The zero-order chi connectivity index (χ0) is 17.8. The molecule has 1 heterocycles. The summed E-state index contributed by atoms with van der Waals surface area (Å²) in [7, 11) is 0. The minimum Gasteiger partial charge on any atom is -0.339 e. The van der Waals surface area contributed by atoms with Crippen LogP contribution in [0.5, 0.6) is 0 Å². The van der Waals surface area contributed by atoms with Crippen molar-refractivity contribution in [2.24, 2.45) is 0 Å². The van der Waals surface area contributed by atoms with Crippen molar-refractivity contribution in [3.8, 4) is 0 Å². The molecular formula is C20H21FN2O2. The zero-order valence-corrected chi connectivity index (χ0v) is 14.2. The van der Waals surface area contributed by atoms with Gasteiger partial charge in [-0.1, -0.05) is 48.5 Å². The number of nitrogens with zero attached hydrogens (tertiary/aromatic N) is 2. The van der Waals surface area contributed by atoms with Gasteiger partial charge in [0, 0.05) is 26.6 Å². The predicted molar refractivity (Wildman–Crippen MR) is 93.3 cm³/mol. The zero-order valence-electron chi connectivity index (χ0n) is 14.2. The topological polar surface area (TPSA) is 40.6 Å². The van der Waals surface area contributed by atoms with Crippen LogP contribution in [0.15, 0.2) is 54.6 Å². The van der Waals surface area contributed by atoms with Crippen LogP contribution in [-0.2, 0) is 16.0 Å². The Kier molecular flexibility index (Phi) is 5.12. The monoisotopic (exact) mass is 340 g/mol. The summed E-state index contributed by atoms with van der Waals surface area (Å²) in [5, 5.41) is 0. The standard InChI is InChI=1S/C20H21FN2O2/c1-15(24)22-11-12-23(19(14-22)16-7-3-2-4-8-16)20(25)13-17-9-5-6-10-18(17)21/h2-10,19H,11-14H2,1H3/t19-/m1/s1. The van der Waals surface area contributed by atoms with Gasteiger partial charge in [0.1, 0.15) is 5.82 Å². The van der Waals surface area contributed by atoms with Gasteiger partial charge in [0.25, 0.3) is 0 Å². The normalized spacial score (nSPS) is 17.4. The van der Waals surface area contributed by atoms with E-state index in [4.69, 9.17) is 0 Å². The number of rotatable bonds is 3. The lowest BCUT2D eigenvalue weighted by molar-refractivity contribution is -0.141. The highest BCUT2D eigenvalue weighted by Gasteiger charge is 2.32. The lowest BCUT2D eigenvalue weighted by atomic mass is 10.0. The van der Waals surface area contributed by atoms with Crippen LogP contribution in [0.1, 0.15) is 24.1 Å². The predicted octanol–water partition coefficient (Wildman–Crippen LogP) is 2.80. The van der Waals surface area contributed by atoms with Crippen LogP contribution in [0.25, 0.3) is 0 Å². The number of halogens is 1. The molecule has 0 radical (unpaired) electrons. The fourth-order valence-electron chi connectivity index (χ4n) is 3.23. The maximum absolute atomic E-state index is 13.9. The van der Waals surface area contributed by atoms with Gasteiger partial charge in [-0.25, -0.2) is 4.39 Å². The third-order valence-electron chi connectivity index (χ3n) is 4.63. The van der Waals surface area contributed by atoms with Crippen LogP contribution >= 0.6 is 0 Å². The van der Waals surface area contributed by atoms with Crippen molar-refractivity contribution in [1.82, 2.24) is 9.80 Å². The van der Waals surface area contributed by atoms with Gasteiger partial charge in [0.15, 0.2) is 0 Å². The molecule has 2 aromatic carbocycles. The van der Waals surface area contributed by atoms with Crippen molar-refractivity contribution >= 4 is 11.8 Å². The van der Waals surface area contributed by atoms with E-state index in [2.05, 4.69) is 0 Å². The van der Waals surface area contributed by atoms with Gasteiger partial charge in [-0.2, -0.15) is 0 Å². The average molecular weight is 340 g/mol. The fourth-order valence-corrected chi connectivity index (χ4v) is 3.23. The van der Waals surface area contributed by atoms with E-state index in [9.17, 15) is 14.0 Å². The second-order valence-electron chi connectivity index (χ2n) is 6.25. The molecule has 25 heavy (non-hydrogen) atoms. The Bertz CT molecular complexity index is 763. The second kappa shape index (κ2) is 7.47. The highest BCUT2D eigenvalue weighted by molar-refractivity contribution is 5.80. The summed E-state index contributed by atoms with van der Waals surface area (Å²) in [5.74, 6) is -0.487. The molecule has 0 saturated carbocycles. The Morgan fingerprint density at radius 3 is 2.40 bits per heavy atom. The van der Waals surface area contributed by atoms with Gasteiger partial charge in [-0.15, -0.1) is 0 Å². The van der Waals surface area contributed by atoms with E-state index in [0.29, 0.717) is 25.2 Å². The molecule has 1 atom stereocenters. The summed E-state index contributed by atoms with van der Waals surface area (Å²) < 4.78 is 13.9. The number of amides is 2. The van der Waals surface area contributed by atoms with E-state index in [-0.39, 0.29) is 30.1 Å². The first kappa shape index (κ1) is 17.1. The molecular weight excluding hydrogens is 319 g/mol. The molecule has 1 aliphatic heterocycles. The molecule has 0 aromatic heterocycles. The molecule has 0 unspecified atom stereocenters. The van der Waals surface area contributed by atoms with E-state index in [1.165, 1.54) is 6.07 Å². The second-order valence-corrected chi connectivity index (χ2v) is 6.25. The molecule has 3 rings (SSSR count). The molecule has 1 fully saturated rings. The first-order valence-corrected chi connectivity index (χ1v) is 8.39. The summed E-state index contributed by atoms with van der Waals surface area (Å²) in [5.41, 5.74) is 1.38. The Labute approximate surface area is 146 Å². The van der Waals surface area contributed by atoms with Gasteiger partial charge in [-0.3, -0.25) is 9.59 Å². The molecule has 0 spiro atoms. The fraction of sp³-hybridized carbons (Fsp3) is 0.300. The molecule has 0 aliphatic carbocycles. The summed E-state index contributed by atoms with van der Waals surface area (Å²) in [6, 6.07) is 15.8. The summed E-state index contributed by atoms with van der Waals surface area (Å²) in [4.78, 5) is 28.1. The molecule has 130 valence electrons. The Morgan fingerprint density at radius 2 is 1.72 bits per heavy atom. The van der Waals surface area contributed by atoms with Gasteiger partial charge < -0.3 is 9.80 Å². The van der Waals surface area contributed by atoms with E-state index in [1.807, 2.05) is 30.3 Å². The minimum absolute atomic E-state index is 0.00198. The molecule has 0 bridgehead atoms. The van der Waals surface area contributed by atoms with E-state index < -0.39 is 0 Å². The molecule has 4 nitrogen and oxygen atoms in total. The third-order valence-corrected chi connectivity index (χ3v) is 4.63. The number of benzene rings is 2. The molecule has 5 heteroatoms. The summed E-state index contributed by atoms with van der Waals surface area (Å²) in [6.45, 7) is 2.95. The average Bonchev–Trinajstić information content (AvgIpc) is 2.63. The molecule has 0 N–H and O–H groups in total. The van der Waals surface area contributed by atoms with Crippen LogP contribution in [0, 0.1) is 5.82 Å². The van der Waals surface area contributed by atoms with Crippen molar-refractivity contribution in [2.75, 3.05) is 19.6 Å². The lowest BCUT2D eigenvalue weighted by Crippen LogP contribution is -2.52. The van der Waals surface area contributed by atoms with Gasteiger partial charge in [-0.05, 0) is 17.2 Å². The van der Waals surface area contributed by atoms with E-state index in [1.54, 1.807) is 34.9 Å². The van der Waals surface area contributed by atoms with Gasteiger partial charge in [0.05, 0.1) is 12.5 Å². The molecule has 2 aromatic rings. The van der Waals surface area contributed by atoms with Crippen LogP contribution in [0.4, 0.5) is 4.39 Å². The molecule has 1 aliphatic rings. The van der Waals surface area contributed by atoms with Crippen LogP contribution in [0.2, 0.25) is 0 Å². The lowest BCUT2D eigenvalue weighted by Gasteiger charge is -2.41. The highest BCUT2D eigenvalue weighted by Crippen LogP contribution is 2.26. The van der Waals surface area contributed by atoms with E-state index >= 15 is 0 Å².